The summed E-state index contributed by atoms with van der Waals surface area (Å²) in [5.74, 6) is 0.600. The number of amides is 2. The molecule has 8 heteroatoms. The molecule has 0 radical (unpaired) electrons. The molecule has 0 saturated carbocycles. The van der Waals surface area contributed by atoms with Crippen LogP contribution in [0.1, 0.15) is 5.82 Å². The van der Waals surface area contributed by atoms with E-state index in [0.717, 1.165) is 5.82 Å². The van der Waals surface area contributed by atoms with Crippen molar-refractivity contribution in [1.82, 2.24) is 19.8 Å². The van der Waals surface area contributed by atoms with Gasteiger partial charge in [-0.3, -0.25) is 0 Å². The second kappa shape index (κ2) is 5.30. The van der Waals surface area contributed by atoms with Crippen LogP contribution < -0.4 is 5.32 Å². The summed E-state index contributed by atoms with van der Waals surface area (Å²) in [5.41, 5.74) is 0. The second-order valence-corrected chi connectivity index (χ2v) is 4.94. The fourth-order valence-corrected chi connectivity index (χ4v) is 2.82. The Bertz CT molecular complexity index is 462. The van der Waals surface area contributed by atoms with Gasteiger partial charge in [-0.2, -0.15) is 0 Å². The van der Waals surface area contributed by atoms with Crippen LogP contribution in [0.2, 0.25) is 0 Å². The highest BCUT2D eigenvalue weighted by molar-refractivity contribution is 7.99. The summed E-state index contributed by atoms with van der Waals surface area (Å²) >= 11 is 1.44. The molecule has 0 aromatic carbocycles. The van der Waals surface area contributed by atoms with Gasteiger partial charge in [-0.25, -0.2) is 14.6 Å². The summed E-state index contributed by atoms with van der Waals surface area (Å²) < 4.78 is 1.80. The van der Waals surface area contributed by atoms with Crippen molar-refractivity contribution in [3.8, 4) is 0 Å². The number of aromatic nitrogens is 2. The van der Waals surface area contributed by atoms with E-state index in [0.29, 0.717) is 11.6 Å². The van der Waals surface area contributed by atoms with Gasteiger partial charge < -0.3 is 19.9 Å². The van der Waals surface area contributed by atoms with Crippen LogP contribution in [0, 0.1) is 0 Å². The van der Waals surface area contributed by atoms with E-state index in [9.17, 15) is 9.59 Å². The number of imidazole rings is 1. The highest BCUT2D eigenvalue weighted by Crippen LogP contribution is 2.20. The Labute approximate surface area is 108 Å². The summed E-state index contributed by atoms with van der Waals surface area (Å²) in [6, 6.07) is -1.10. The molecule has 1 fully saturated rings. The van der Waals surface area contributed by atoms with Crippen molar-refractivity contribution in [1.29, 1.82) is 0 Å². The van der Waals surface area contributed by atoms with E-state index in [1.165, 1.54) is 16.7 Å². The zero-order valence-corrected chi connectivity index (χ0v) is 10.7. The van der Waals surface area contributed by atoms with Gasteiger partial charge in [0.2, 0.25) is 0 Å². The molecule has 7 nitrogen and oxygen atoms in total. The van der Waals surface area contributed by atoms with Crippen molar-refractivity contribution in [3.05, 3.63) is 18.2 Å². The standard InChI is InChI=1S/C10H14N4O3S/c1-13-3-2-11-8(13)4-12-10(17)14-6-18-5-7(14)9(15)16/h2-3,7H,4-6H2,1H3,(H,12,17)(H,15,16)/t7-/m0/s1. The lowest BCUT2D eigenvalue weighted by Gasteiger charge is -2.20. The third-order valence-corrected chi connectivity index (χ3v) is 3.76. The Morgan fingerprint density at radius 3 is 3.06 bits per heavy atom. The average molecular weight is 270 g/mol. The molecular formula is C10H14N4O3S. The van der Waals surface area contributed by atoms with E-state index < -0.39 is 12.0 Å². The number of carbonyl (C=O) groups excluding carboxylic acids is 1. The summed E-state index contributed by atoms with van der Waals surface area (Å²) in [5, 5.41) is 11.7. The number of carboxylic acid groups (broad SMARTS) is 1. The predicted molar refractivity (Wildman–Crippen MR) is 66.0 cm³/mol. The van der Waals surface area contributed by atoms with Gasteiger partial charge in [-0.1, -0.05) is 0 Å². The zero-order valence-electron chi connectivity index (χ0n) is 9.87. The van der Waals surface area contributed by atoms with Crippen LogP contribution in [0.15, 0.2) is 12.4 Å². The first-order valence-electron chi connectivity index (χ1n) is 5.41. The number of nitrogens with zero attached hydrogens (tertiary/aromatic N) is 3. The normalized spacial score (nSPS) is 18.9. The average Bonchev–Trinajstić information content (AvgIpc) is 2.94. The van der Waals surface area contributed by atoms with E-state index in [1.807, 2.05) is 7.05 Å². The number of rotatable bonds is 3. The Morgan fingerprint density at radius 2 is 2.44 bits per heavy atom. The molecule has 18 heavy (non-hydrogen) atoms. The smallest absolute Gasteiger partial charge is 0.327 e. The van der Waals surface area contributed by atoms with Gasteiger partial charge >= 0.3 is 12.0 Å². The SMILES string of the molecule is Cn1ccnc1CNC(=O)N1CSC[C@H]1C(=O)O. The molecule has 1 aliphatic heterocycles. The topological polar surface area (TPSA) is 87.5 Å². The molecule has 98 valence electrons. The van der Waals surface area contributed by atoms with E-state index in [2.05, 4.69) is 10.3 Å². The third kappa shape index (κ3) is 2.58. The van der Waals surface area contributed by atoms with E-state index in [-0.39, 0.29) is 12.6 Å². The van der Waals surface area contributed by atoms with Crippen LogP contribution in [-0.2, 0) is 18.4 Å². The van der Waals surface area contributed by atoms with Gasteiger partial charge in [0.1, 0.15) is 11.9 Å². The largest absolute Gasteiger partial charge is 0.480 e. The first-order chi connectivity index (χ1) is 8.59. The van der Waals surface area contributed by atoms with Crippen LogP contribution in [0.4, 0.5) is 4.79 Å². The summed E-state index contributed by atoms with van der Waals surface area (Å²) in [4.78, 5) is 28.2. The molecule has 0 bridgehead atoms. The minimum Gasteiger partial charge on any atom is -0.480 e. The molecule has 0 aliphatic carbocycles. The first-order valence-corrected chi connectivity index (χ1v) is 6.56. The number of aliphatic carboxylic acids is 1. The van der Waals surface area contributed by atoms with Gasteiger partial charge in [0.05, 0.1) is 12.4 Å². The number of carboxylic acids is 1. The second-order valence-electron chi connectivity index (χ2n) is 3.94. The number of urea groups is 1. The number of aryl methyl sites for hydroxylation is 1. The summed E-state index contributed by atoms with van der Waals surface area (Å²) in [7, 11) is 1.83. The van der Waals surface area contributed by atoms with Crippen LogP contribution >= 0.6 is 11.8 Å². The number of hydrogen-bond acceptors (Lipinski definition) is 4. The molecule has 2 N–H and O–H groups in total. The molecule has 1 atom stereocenters. The summed E-state index contributed by atoms with van der Waals surface area (Å²) in [6.07, 6.45) is 3.43. The minimum absolute atomic E-state index is 0.288. The molecule has 0 spiro atoms. The molecule has 1 aromatic rings. The molecular weight excluding hydrogens is 256 g/mol. The lowest BCUT2D eigenvalue weighted by molar-refractivity contribution is -0.140. The van der Waals surface area contributed by atoms with E-state index in [4.69, 9.17) is 5.11 Å². The molecule has 2 heterocycles. The van der Waals surface area contributed by atoms with Gasteiger partial charge in [0.25, 0.3) is 0 Å². The van der Waals surface area contributed by atoms with Gasteiger partial charge in [0, 0.05) is 25.2 Å². The molecule has 1 saturated heterocycles. The fraction of sp³-hybridized carbons (Fsp3) is 0.500. The van der Waals surface area contributed by atoms with Crippen molar-refractivity contribution in [2.45, 2.75) is 12.6 Å². The van der Waals surface area contributed by atoms with Crippen LogP contribution in [0.25, 0.3) is 0 Å². The molecule has 2 rings (SSSR count). The quantitative estimate of drug-likeness (QED) is 0.812. The van der Waals surface area contributed by atoms with Gasteiger partial charge in [0.15, 0.2) is 0 Å². The summed E-state index contributed by atoms with van der Waals surface area (Å²) in [6.45, 7) is 0.288. The lowest BCUT2D eigenvalue weighted by atomic mass is 10.3. The maximum atomic E-state index is 11.9. The Kier molecular flexibility index (Phi) is 3.75. The van der Waals surface area contributed by atoms with Gasteiger partial charge in [-0.05, 0) is 0 Å². The van der Waals surface area contributed by atoms with Crippen LogP contribution in [-0.4, -0.2) is 49.2 Å². The molecule has 0 unspecified atom stereocenters. The van der Waals surface area contributed by atoms with Crippen molar-refractivity contribution in [3.63, 3.8) is 0 Å². The van der Waals surface area contributed by atoms with E-state index in [1.54, 1.807) is 17.0 Å². The van der Waals surface area contributed by atoms with Crippen molar-refractivity contribution in [2.75, 3.05) is 11.6 Å². The number of carbonyl (C=O) groups is 2. The molecule has 1 aromatic heterocycles. The first kappa shape index (κ1) is 12.7. The lowest BCUT2D eigenvalue weighted by Crippen LogP contribution is -2.46. The van der Waals surface area contributed by atoms with Gasteiger partial charge in [-0.15, -0.1) is 11.8 Å². The molecule has 1 aliphatic rings. The number of nitrogens with one attached hydrogen (secondary N) is 1. The zero-order chi connectivity index (χ0) is 13.1. The minimum atomic E-state index is -0.966. The van der Waals surface area contributed by atoms with Crippen molar-refractivity contribution in [2.24, 2.45) is 7.05 Å². The monoisotopic (exact) mass is 270 g/mol. The van der Waals surface area contributed by atoms with Crippen molar-refractivity contribution >= 4 is 23.8 Å². The highest BCUT2D eigenvalue weighted by Gasteiger charge is 2.34. The van der Waals surface area contributed by atoms with Crippen LogP contribution in [0.5, 0.6) is 0 Å². The van der Waals surface area contributed by atoms with Crippen LogP contribution in [0.3, 0.4) is 0 Å². The van der Waals surface area contributed by atoms with Crippen molar-refractivity contribution < 1.29 is 14.7 Å². The number of thioether (sulfide) groups is 1. The third-order valence-electron chi connectivity index (χ3n) is 2.75. The maximum Gasteiger partial charge on any atom is 0.327 e. The maximum absolute atomic E-state index is 11.9. The predicted octanol–water partition coefficient (Wildman–Crippen LogP) is 0.0892. The molecule has 2 amide bonds. The Morgan fingerprint density at radius 1 is 1.67 bits per heavy atom. The number of hydrogen-bond donors (Lipinski definition) is 2. The van der Waals surface area contributed by atoms with E-state index >= 15 is 0 Å². The Balaban J connectivity index is 1.92. The highest BCUT2D eigenvalue weighted by atomic mass is 32.2. The fourth-order valence-electron chi connectivity index (χ4n) is 1.67. The Hall–Kier alpha value is -1.70.